The summed E-state index contributed by atoms with van der Waals surface area (Å²) in [5, 5.41) is 13.3. The van der Waals surface area contributed by atoms with E-state index in [1.54, 1.807) is 6.07 Å². The molecule has 0 unspecified atom stereocenters. The Morgan fingerprint density at radius 3 is 3.09 bits per heavy atom. The predicted molar refractivity (Wildman–Crippen MR) is 89.1 cm³/mol. The van der Waals surface area contributed by atoms with E-state index in [9.17, 15) is 9.90 Å². The number of amides is 1. The normalized spacial score (nSPS) is 24.7. The molecule has 1 aliphatic carbocycles. The van der Waals surface area contributed by atoms with E-state index in [1.807, 2.05) is 12.1 Å². The molecule has 1 aromatic heterocycles. The van der Waals surface area contributed by atoms with Crippen molar-refractivity contribution in [2.75, 3.05) is 6.54 Å². The van der Waals surface area contributed by atoms with Crippen LogP contribution in [0, 0.1) is 5.92 Å². The maximum Gasteiger partial charge on any atom is 0.223 e. The van der Waals surface area contributed by atoms with Crippen LogP contribution in [0.15, 0.2) is 18.2 Å². The number of aliphatic hydroxyl groups excluding tert-OH is 1. The van der Waals surface area contributed by atoms with Crippen molar-refractivity contribution in [2.24, 2.45) is 11.7 Å². The highest BCUT2D eigenvalue weighted by Crippen LogP contribution is 2.23. The number of rotatable bonds is 4. The molecule has 0 bridgehead atoms. The minimum absolute atomic E-state index is 0.0184. The van der Waals surface area contributed by atoms with Gasteiger partial charge in [-0.1, -0.05) is 11.6 Å². The van der Waals surface area contributed by atoms with E-state index in [-0.39, 0.29) is 17.9 Å². The smallest absolute Gasteiger partial charge is 0.223 e. The van der Waals surface area contributed by atoms with Crippen LogP contribution in [-0.4, -0.2) is 39.7 Å². The molecule has 5 N–H and O–H groups in total. The third-order valence-electron chi connectivity index (χ3n) is 4.39. The van der Waals surface area contributed by atoms with Crippen molar-refractivity contribution in [3.8, 4) is 0 Å². The number of fused-ring (bicyclic) bond motifs is 1. The van der Waals surface area contributed by atoms with Gasteiger partial charge in [0.1, 0.15) is 5.82 Å². The van der Waals surface area contributed by atoms with E-state index in [2.05, 4.69) is 15.3 Å². The minimum Gasteiger partial charge on any atom is -0.391 e. The van der Waals surface area contributed by atoms with Crippen LogP contribution < -0.4 is 11.1 Å². The molecule has 3 rings (SSSR count). The zero-order valence-corrected chi connectivity index (χ0v) is 13.5. The van der Waals surface area contributed by atoms with Crippen LogP contribution in [0.5, 0.6) is 0 Å². The van der Waals surface area contributed by atoms with Gasteiger partial charge < -0.3 is 21.1 Å². The Balaban J connectivity index is 1.51. The molecule has 3 atom stereocenters. The molecule has 0 radical (unpaired) electrons. The summed E-state index contributed by atoms with van der Waals surface area (Å²) < 4.78 is 0. The SMILES string of the molecule is N[C@H]1CC[C@H](C(=O)NCCc2nc3ccc(Cl)cc3[nH]2)C[C@@H]1O. The molecule has 6 nitrogen and oxygen atoms in total. The molecule has 1 amide bonds. The number of carbonyl (C=O) groups excluding carboxylic acids is 1. The van der Waals surface area contributed by atoms with Gasteiger partial charge in [0, 0.05) is 29.9 Å². The monoisotopic (exact) mass is 336 g/mol. The van der Waals surface area contributed by atoms with Gasteiger partial charge in [-0.3, -0.25) is 4.79 Å². The summed E-state index contributed by atoms with van der Waals surface area (Å²) in [6.45, 7) is 0.505. The van der Waals surface area contributed by atoms with Gasteiger partial charge in [0.2, 0.25) is 5.91 Å². The summed E-state index contributed by atoms with van der Waals surface area (Å²) >= 11 is 5.95. The highest BCUT2D eigenvalue weighted by Gasteiger charge is 2.30. The average molecular weight is 337 g/mol. The summed E-state index contributed by atoms with van der Waals surface area (Å²) in [5.41, 5.74) is 7.51. The number of nitrogens with zero attached hydrogens (tertiary/aromatic N) is 1. The molecule has 7 heteroatoms. The lowest BCUT2D eigenvalue weighted by Crippen LogP contribution is -2.44. The maximum absolute atomic E-state index is 12.1. The zero-order valence-electron chi connectivity index (χ0n) is 12.8. The van der Waals surface area contributed by atoms with Crippen molar-refractivity contribution in [1.82, 2.24) is 15.3 Å². The van der Waals surface area contributed by atoms with E-state index < -0.39 is 6.10 Å². The first-order valence-electron chi connectivity index (χ1n) is 7.88. The summed E-state index contributed by atoms with van der Waals surface area (Å²) in [6, 6.07) is 5.29. The Morgan fingerprint density at radius 1 is 1.48 bits per heavy atom. The molecule has 23 heavy (non-hydrogen) atoms. The summed E-state index contributed by atoms with van der Waals surface area (Å²) in [6.07, 6.45) is 1.89. The standard InChI is InChI=1S/C16H21ClN4O2/c17-10-2-4-12-13(8-10)21-15(20-12)5-6-19-16(23)9-1-3-11(18)14(22)7-9/h2,4,8-9,11,14,22H,1,3,5-7,18H2,(H,19,23)(H,20,21)/t9-,11-,14-/m0/s1. The van der Waals surface area contributed by atoms with E-state index in [0.717, 1.165) is 23.3 Å². The molecule has 1 aliphatic rings. The molecule has 2 aromatic rings. The second kappa shape index (κ2) is 6.86. The second-order valence-corrected chi connectivity index (χ2v) is 6.56. The van der Waals surface area contributed by atoms with Gasteiger partial charge in [-0.15, -0.1) is 0 Å². The molecule has 1 aromatic carbocycles. The number of aromatic nitrogens is 2. The quantitative estimate of drug-likeness (QED) is 0.676. The largest absolute Gasteiger partial charge is 0.391 e. The Bertz CT molecular complexity index is 702. The predicted octanol–water partition coefficient (Wildman–Crippen LogP) is 1.36. The fourth-order valence-corrected chi connectivity index (χ4v) is 3.18. The number of benzene rings is 1. The van der Waals surface area contributed by atoms with Gasteiger partial charge in [-0.25, -0.2) is 4.98 Å². The molecule has 0 saturated heterocycles. The number of nitrogens with two attached hydrogens (primary N) is 1. The number of aromatic amines is 1. The van der Waals surface area contributed by atoms with Crippen molar-refractivity contribution >= 4 is 28.5 Å². The minimum atomic E-state index is -0.584. The Labute approximate surface area is 139 Å². The van der Waals surface area contributed by atoms with Gasteiger partial charge in [0.25, 0.3) is 0 Å². The first-order chi connectivity index (χ1) is 11.0. The zero-order chi connectivity index (χ0) is 16.4. The Kier molecular flexibility index (Phi) is 4.84. The summed E-state index contributed by atoms with van der Waals surface area (Å²) in [4.78, 5) is 19.8. The van der Waals surface area contributed by atoms with Crippen LogP contribution in [0.1, 0.15) is 25.1 Å². The van der Waals surface area contributed by atoms with E-state index in [0.29, 0.717) is 30.8 Å². The molecule has 124 valence electrons. The fourth-order valence-electron chi connectivity index (χ4n) is 3.01. The van der Waals surface area contributed by atoms with Gasteiger partial charge in [0.15, 0.2) is 0 Å². The third kappa shape index (κ3) is 3.83. The molecule has 0 spiro atoms. The lowest BCUT2D eigenvalue weighted by Gasteiger charge is -2.29. The Morgan fingerprint density at radius 2 is 2.30 bits per heavy atom. The number of hydrogen-bond acceptors (Lipinski definition) is 4. The van der Waals surface area contributed by atoms with Gasteiger partial charge >= 0.3 is 0 Å². The van der Waals surface area contributed by atoms with Crippen LogP contribution in [-0.2, 0) is 11.2 Å². The molecule has 1 saturated carbocycles. The number of hydrogen-bond donors (Lipinski definition) is 4. The number of aliphatic hydroxyl groups is 1. The number of carbonyl (C=O) groups is 1. The summed E-state index contributed by atoms with van der Waals surface area (Å²) in [5.74, 6) is 0.641. The lowest BCUT2D eigenvalue weighted by atomic mass is 9.84. The number of imidazole rings is 1. The van der Waals surface area contributed by atoms with Crippen LogP contribution in [0.25, 0.3) is 11.0 Å². The van der Waals surface area contributed by atoms with Crippen molar-refractivity contribution in [3.63, 3.8) is 0 Å². The van der Waals surface area contributed by atoms with Gasteiger partial charge in [-0.2, -0.15) is 0 Å². The Hall–Kier alpha value is -1.63. The molecule has 1 fully saturated rings. The van der Waals surface area contributed by atoms with Gasteiger partial charge in [-0.05, 0) is 37.5 Å². The molecule has 1 heterocycles. The second-order valence-electron chi connectivity index (χ2n) is 6.13. The highest BCUT2D eigenvalue weighted by molar-refractivity contribution is 6.31. The number of halogens is 1. The summed E-state index contributed by atoms with van der Waals surface area (Å²) in [7, 11) is 0. The molecular formula is C16H21ClN4O2. The molecule has 0 aliphatic heterocycles. The fraction of sp³-hybridized carbons (Fsp3) is 0.500. The number of nitrogens with one attached hydrogen (secondary N) is 2. The molecular weight excluding hydrogens is 316 g/mol. The van der Waals surface area contributed by atoms with Crippen LogP contribution in [0.4, 0.5) is 0 Å². The first-order valence-corrected chi connectivity index (χ1v) is 8.26. The van der Waals surface area contributed by atoms with Crippen LogP contribution in [0.2, 0.25) is 5.02 Å². The van der Waals surface area contributed by atoms with E-state index in [4.69, 9.17) is 17.3 Å². The average Bonchev–Trinajstić information content (AvgIpc) is 2.91. The lowest BCUT2D eigenvalue weighted by molar-refractivity contribution is -0.127. The maximum atomic E-state index is 12.1. The number of H-pyrrole nitrogens is 1. The van der Waals surface area contributed by atoms with Crippen molar-refractivity contribution < 1.29 is 9.90 Å². The van der Waals surface area contributed by atoms with Crippen LogP contribution in [0.3, 0.4) is 0 Å². The first kappa shape index (κ1) is 16.2. The van der Waals surface area contributed by atoms with Crippen molar-refractivity contribution in [1.29, 1.82) is 0 Å². The van der Waals surface area contributed by atoms with E-state index in [1.165, 1.54) is 0 Å². The topological polar surface area (TPSA) is 104 Å². The third-order valence-corrected chi connectivity index (χ3v) is 4.63. The van der Waals surface area contributed by atoms with E-state index >= 15 is 0 Å². The van der Waals surface area contributed by atoms with Crippen LogP contribution >= 0.6 is 11.6 Å². The van der Waals surface area contributed by atoms with Crippen molar-refractivity contribution in [3.05, 3.63) is 29.0 Å². The van der Waals surface area contributed by atoms with Crippen molar-refractivity contribution in [2.45, 2.75) is 37.8 Å². The highest BCUT2D eigenvalue weighted by atomic mass is 35.5. The van der Waals surface area contributed by atoms with Gasteiger partial charge in [0.05, 0.1) is 17.1 Å².